The molecule has 0 aliphatic carbocycles. The van der Waals surface area contributed by atoms with Gasteiger partial charge in [0.15, 0.2) is 0 Å². The Hall–Kier alpha value is -2.66. The summed E-state index contributed by atoms with van der Waals surface area (Å²) < 4.78 is 1.13. The summed E-state index contributed by atoms with van der Waals surface area (Å²) in [7, 11) is 1.81. The monoisotopic (exact) mass is 321 g/mol. The van der Waals surface area contributed by atoms with Crippen molar-refractivity contribution < 1.29 is 4.79 Å². The van der Waals surface area contributed by atoms with Gasteiger partial charge in [-0.2, -0.15) is 0 Å². The molecule has 1 N–H and O–H groups in total. The summed E-state index contributed by atoms with van der Waals surface area (Å²) >= 11 is 1.53. The number of amides is 1. The van der Waals surface area contributed by atoms with Gasteiger partial charge in [-0.05, 0) is 29.7 Å². The molecule has 0 aliphatic rings. The van der Waals surface area contributed by atoms with E-state index >= 15 is 0 Å². The fraction of sp³-hybridized carbons (Fsp3) is 0.111. The molecule has 0 radical (unpaired) electrons. The predicted molar refractivity (Wildman–Crippen MR) is 93.7 cm³/mol. The number of hydrogen-bond donors (Lipinski definition) is 1. The number of rotatable bonds is 3. The molecule has 0 atom stereocenters. The fourth-order valence-electron chi connectivity index (χ4n) is 2.65. The quantitative estimate of drug-likeness (QED) is 0.619. The zero-order valence-corrected chi connectivity index (χ0v) is 13.4. The first kappa shape index (κ1) is 14.0. The average molecular weight is 321 g/mol. The highest BCUT2D eigenvalue weighted by Crippen LogP contribution is 2.26. The summed E-state index contributed by atoms with van der Waals surface area (Å²) in [5.41, 5.74) is 1.91. The Morgan fingerprint density at radius 1 is 1.17 bits per heavy atom. The third-order valence-electron chi connectivity index (χ3n) is 3.81. The first-order valence-electron chi connectivity index (χ1n) is 7.38. The zero-order valence-electron chi connectivity index (χ0n) is 12.6. The number of hydrogen-bond acceptors (Lipinski definition) is 3. The molecule has 0 bridgehead atoms. The number of aromatic nitrogens is 2. The van der Waals surface area contributed by atoms with E-state index in [-0.39, 0.29) is 5.91 Å². The molecule has 2 aromatic carbocycles. The van der Waals surface area contributed by atoms with Crippen LogP contribution in [0.2, 0.25) is 0 Å². The normalized spacial score (nSPS) is 11.2. The van der Waals surface area contributed by atoms with Gasteiger partial charge in [0.05, 0.1) is 22.5 Å². The van der Waals surface area contributed by atoms with Crippen LogP contribution in [0.15, 0.2) is 54.6 Å². The maximum atomic E-state index is 12.6. The molecule has 2 heterocycles. The third kappa shape index (κ3) is 2.59. The lowest BCUT2D eigenvalue weighted by Gasteiger charge is -2.14. The highest BCUT2D eigenvalue weighted by molar-refractivity contribution is 7.20. The highest BCUT2D eigenvalue weighted by Gasteiger charge is 2.16. The van der Waals surface area contributed by atoms with Crippen molar-refractivity contribution in [2.24, 2.45) is 0 Å². The number of imidazole rings is 1. The van der Waals surface area contributed by atoms with E-state index in [1.54, 1.807) is 11.9 Å². The van der Waals surface area contributed by atoms with E-state index < -0.39 is 0 Å². The lowest BCUT2D eigenvalue weighted by Crippen LogP contribution is -2.25. The van der Waals surface area contributed by atoms with Gasteiger partial charge in [-0.3, -0.25) is 4.79 Å². The van der Waals surface area contributed by atoms with Crippen molar-refractivity contribution in [3.05, 3.63) is 65.3 Å². The summed E-state index contributed by atoms with van der Waals surface area (Å²) in [4.78, 5) is 22.9. The summed E-state index contributed by atoms with van der Waals surface area (Å²) in [6.45, 7) is 0.460. The van der Waals surface area contributed by atoms with Crippen LogP contribution in [0.4, 0.5) is 0 Å². The summed E-state index contributed by atoms with van der Waals surface area (Å²) in [6.07, 6.45) is 0. The summed E-state index contributed by atoms with van der Waals surface area (Å²) in [5, 5.41) is 1.11. The maximum absolute atomic E-state index is 12.6. The second-order valence-electron chi connectivity index (χ2n) is 5.51. The Morgan fingerprint density at radius 3 is 2.78 bits per heavy atom. The number of carbonyl (C=O) groups is 1. The van der Waals surface area contributed by atoms with E-state index in [4.69, 9.17) is 0 Å². The van der Waals surface area contributed by atoms with Crippen LogP contribution in [0.25, 0.3) is 21.1 Å². The molecular formula is C18H15N3OS. The number of aromatic amines is 1. The van der Waals surface area contributed by atoms with Crippen LogP contribution in [0.1, 0.15) is 15.5 Å². The number of nitrogens with zero attached hydrogens (tertiary/aromatic N) is 2. The van der Waals surface area contributed by atoms with Crippen LogP contribution < -0.4 is 0 Å². The highest BCUT2D eigenvalue weighted by atomic mass is 32.1. The molecule has 4 aromatic rings. The molecule has 114 valence electrons. The van der Waals surface area contributed by atoms with Crippen LogP contribution in [0.3, 0.4) is 0 Å². The van der Waals surface area contributed by atoms with Crippen LogP contribution >= 0.6 is 11.3 Å². The van der Waals surface area contributed by atoms with Crippen molar-refractivity contribution in [3.63, 3.8) is 0 Å². The average Bonchev–Trinajstić information content (AvgIpc) is 3.16. The zero-order chi connectivity index (χ0) is 15.8. The molecule has 4 rings (SSSR count). The van der Waals surface area contributed by atoms with Gasteiger partial charge in [0.1, 0.15) is 5.82 Å². The predicted octanol–water partition coefficient (Wildman–Crippen LogP) is 4.05. The number of para-hydroxylation sites is 2. The van der Waals surface area contributed by atoms with Crippen molar-refractivity contribution in [2.45, 2.75) is 6.54 Å². The van der Waals surface area contributed by atoms with Crippen molar-refractivity contribution in [1.29, 1.82) is 0 Å². The Balaban J connectivity index is 1.57. The van der Waals surface area contributed by atoms with Crippen LogP contribution in [-0.2, 0) is 6.54 Å². The maximum Gasteiger partial charge on any atom is 0.264 e. The molecule has 0 spiro atoms. The number of nitrogens with one attached hydrogen (secondary N) is 1. The SMILES string of the molecule is CN(Cc1nc2ccccc2[nH]1)C(=O)c1cc2ccccc2s1. The van der Waals surface area contributed by atoms with Gasteiger partial charge in [-0.1, -0.05) is 30.3 Å². The second kappa shape index (κ2) is 5.52. The first-order valence-corrected chi connectivity index (χ1v) is 8.20. The van der Waals surface area contributed by atoms with Gasteiger partial charge in [-0.25, -0.2) is 4.98 Å². The Morgan fingerprint density at radius 2 is 1.96 bits per heavy atom. The van der Waals surface area contributed by atoms with Crippen molar-refractivity contribution in [3.8, 4) is 0 Å². The number of fused-ring (bicyclic) bond motifs is 2. The van der Waals surface area contributed by atoms with Crippen LogP contribution in [0, 0.1) is 0 Å². The lowest BCUT2D eigenvalue weighted by molar-refractivity contribution is 0.0787. The largest absolute Gasteiger partial charge is 0.340 e. The molecular weight excluding hydrogens is 306 g/mol. The van der Waals surface area contributed by atoms with Gasteiger partial charge in [-0.15, -0.1) is 11.3 Å². The minimum atomic E-state index is 0.0201. The fourth-order valence-corrected chi connectivity index (χ4v) is 3.71. The topological polar surface area (TPSA) is 49.0 Å². The van der Waals surface area contributed by atoms with Crippen molar-refractivity contribution >= 4 is 38.4 Å². The third-order valence-corrected chi connectivity index (χ3v) is 4.91. The number of thiophene rings is 1. The van der Waals surface area contributed by atoms with Gasteiger partial charge in [0.25, 0.3) is 5.91 Å². The number of benzene rings is 2. The number of carbonyl (C=O) groups excluding carboxylic acids is 1. The standard InChI is InChI=1S/C18H15N3OS/c1-21(11-17-19-13-7-3-4-8-14(13)20-17)18(22)16-10-12-6-2-5-9-15(12)23-16/h2-10H,11H2,1H3,(H,19,20). The molecule has 1 amide bonds. The van der Waals surface area contributed by atoms with E-state index in [1.165, 1.54) is 11.3 Å². The van der Waals surface area contributed by atoms with E-state index in [0.717, 1.165) is 31.8 Å². The van der Waals surface area contributed by atoms with Crippen LogP contribution in [-0.4, -0.2) is 27.8 Å². The van der Waals surface area contributed by atoms with Gasteiger partial charge in [0.2, 0.25) is 0 Å². The van der Waals surface area contributed by atoms with E-state index in [1.807, 2.05) is 54.6 Å². The molecule has 0 saturated heterocycles. The molecule has 23 heavy (non-hydrogen) atoms. The van der Waals surface area contributed by atoms with E-state index in [9.17, 15) is 4.79 Å². The molecule has 0 fully saturated rings. The molecule has 0 unspecified atom stereocenters. The van der Waals surface area contributed by atoms with Gasteiger partial charge in [0, 0.05) is 11.7 Å². The smallest absolute Gasteiger partial charge is 0.264 e. The van der Waals surface area contributed by atoms with Crippen LogP contribution in [0.5, 0.6) is 0 Å². The molecule has 0 aliphatic heterocycles. The van der Waals surface area contributed by atoms with Gasteiger partial charge < -0.3 is 9.88 Å². The van der Waals surface area contributed by atoms with Crippen molar-refractivity contribution in [2.75, 3.05) is 7.05 Å². The molecule has 4 nitrogen and oxygen atoms in total. The molecule has 0 saturated carbocycles. The second-order valence-corrected chi connectivity index (χ2v) is 6.59. The van der Waals surface area contributed by atoms with E-state index in [2.05, 4.69) is 9.97 Å². The number of H-pyrrole nitrogens is 1. The Kier molecular flexibility index (Phi) is 3.35. The molecule has 5 heteroatoms. The Labute approximate surface area is 137 Å². The lowest BCUT2D eigenvalue weighted by atomic mass is 10.2. The molecule has 2 aromatic heterocycles. The Bertz CT molecular complexity index is 936. The summed E-state index contributed by atoms with van der Waals surface area (Å²) in [6, 6.07) is 17.9. The minimum Gasteiger partial charge on any atom is -0.340 e. The minimum absolute atomic E-state index is 0.0201. The van der Waals surface area contributed by atoms with Gasteiger partial charge >= 0.3 is 0 Å². The summed E-state index contributed by atoms with van der Waals surface area (Å²) in [5.74, 6) is 0.815. The van der Waals surface area contributed by atoms with E-state index in [0.29, 0.717) is 6.54 Å². The van der Waals surface area contributed by atoms with Crippen molar-refractivity contribution in [1.82, 2.24) is 14.9 Å². The first-order chi connectivity index (χ1) is 11.2.